The Bertz CT molecular complexity index is 606. The van der Waals surface area contributed by atoms with Gasteiger partial charge in [-0.3, -0.25) is 9.80 Å². The Balaban J connectivity index is 2.03. The molecule has 27 heavy (non-hydrogen) atoms. The van der Waals surface area contributed by atoms with E-state index < -0.39 is 0 Å². The van der Waals surface area contributed by atoms with Gasteiger partial charge in [0.2, 0.25) is 0 Å². The summed E-state index contributed by atoms with van der Waals surface area (Å²) in [5.41, 5.74) is 1.22. The number of benzene rings is 1. The number of nitrogens with zero attached hydrogens (tertiary/aromatic N) is 3. The molecule has 0 spiro atoms. The average Bonchev–Trinajstić information content (AvgIpc) is 2.69. The number of hydrogen-bond acceptors (Lipinski definition) is 5. The zero-order valence-electron chi connectivity index (χ0n) is 17.4. The molecule has 2 rings (SSSR count). The third-order valence-electron chi connectivity index (χ3n) is 5.25. The molecule has 1 heterocycles. The molecule has 1 aliphatic rings. The highest BCUT2D eigenvalue weighted by Crippen LogP contribution is 2.28. The van der Waals surface area contributed by atoms with Crippen molar-refractivity contribution in [1.82, 2.24) is 9.80 Å². The summed E-state index contributed by atoms with van der Waals surface area (Å²) in [6, 6.07) is 8.50. The number of nitriles is 1. The summed E-state index contributed by atoms with van der Waals surface area (Å²) >= 11 is 0. The first-order chi connectivity index (χ1) is 13.0. The van der Waals surface area contributed by atoms with Crippen molar-refractivity contribution in [3.8, 4) is 17.6 Å². The van der Waals surface area contributed by atoms with E-state index in [1.54, 1.807) is 0 Å². The first kappa shape index (κ1) is 21.5. The highest BCUT2D eigenvalue weighted by atomic mass is 16.5. The van der Waals surface area contributed by atoms with Crippen LogP contribution in [0.1, 0.15) is 52.5 Å². The molecule has 0 saturated carbocycles. The molecule has 0 aliphatic carbocycles. The van der Waals surface area contributed by atoms with Crippen molar-refractivity contribution in [3.05, 3.63) is 23.8 Å². The summed E-state index contributed by atoms with van der Waals surface area (Å²) < 4.78 is 12.2. The van der Waals surface area contributed by atoms with E-state index in [9.17, 15) is 0 Å². The molecular weight excluding hydrogens is 338 g/mol. The van der Waals surface area contributed by atoms with Crippen LogP contribution in [0.25, 0.3) is 0 Å². The molecule has 5 heteroatoms. The van der Waals surface area contributed by atoms with Gasteiger partial charge < -0.3 is 9.47 Å². The first-order valence-electron chi connectivity index (χ1n) is 10.3. The summed E-state index contributed by atoms with van der Waals surface area (Å²) in [5.74, 6) is 1.82. The summed E-state index contributed by atoms with van der Waals surface area (Å²) in [7, 11) is 0. The topological polar surface area (TPSA) is 48.7 Å². The van der Waals surface area contributed by atoms with E-state index in [0.717, 1.165) is 63.6 Å². The largest absolute Gasteiger partial charge is 0.491 e. The molecule has 2 unspecified atom stereocenters. The van der Waals surface area contributed by atoms with Gasteiger partial charge in [0.1, 0.15) is 11.5 Å². The van der Waals surface area contributed by atoms with E-state index in [4.69, 9.17) is 14.7 Å². The zero-order chi connectivity index (χ0) is 19.6. The quantitative estimate of drug-likeness (QED) is 0.619. The van der Waals surface area contributed by atoms with E-state index in [1.807, 2.05) is 0 Å². The van der Waals surface area contributed by atoms with Crippen molar-refractivity contribution >= 4 is 0 Å². The van der Waals surface area contributed by atoms with Crippen molar-refractivity contribution in [2.45, 2.75) is 65.7 Å². The Morgan fingerprint density at radius 3 is 2.26 bits per heavy atom. The van der Waals surface area contributed by atoms with Crippen molar-refractivity contribution in [3.63, 3.8) is 0 Å². The van der Waals surface area contributed by atoms with Gasteiger partial charge in [0.25, 0.3) is 0 Å². The van der Waals surface area contributed by atoms with E-state index in [2.05, 4.69) is 61.8 Å². The minimum Gasteiger partial charge on any atom is -0.491 e. The lowest BCUT2D eigenvalue weighted by molar-refractivity contribution is 0.126. The normalized spacial score (nSPS) is 17.9. The van der Waals surface area contributed by atoms with Crippen LogP contribution in [0.3, 0.4) is 0 Å². The number of rotatable bonds is 10. The minimum absolute atomic E-state index is 0.186. The van der Waals surface area contributed by atoms with Crippen LogP contribution in [0.5, 0.6) is 11.5 Å². The Kier molecular flexibility index (Phi) is 8.90. The smallest absolute Gasteiger partial charge is 0.127 e. The van der Waals surface area contributed by atoms with Crippen molar-refractivity contribution in [2.75, 3.05) is 32.7 Å². The van der Waals surface area contributed by atoms with Crippen LogP contribution < -0.4 is 9.47 Å². The van der Waals surface area contributed by atoms with Gasteiger partial charge in [-0.25, -0.2) is 0 Å². The van der Waals surface area contributed by atoms with Gasteiger partial charge in [-0.05, 0) is 32.8 Å². The Morgan fingerprint density at radius 2 is 1.63 bits per heavy atom. The maximum absolute atomic E-state index is 8.75. The van der Waals surface area contributed by atoms with Crippen LogP contribution in [-0.4, -0.2) is 54.7 Å². The average molecular weight is 374 g/mol. The maximum Gasteiger partial charge on any atom is 0.127 e. The highest BCUT2D eigenvalue weighted by molar-refractivity contribution is 5.41. The standard InChI is InChI=1S/C22H35N3O2/c1-5-18(3)26-21-9-8-20(22(16-21)27-19(4)6-2)17-25-14-12-24(13-15-25)11-7-10-23/h8-9,16,18-19H,5-7,11-15,17H2,1-4H3. The van der Waals surface area contributed by atoms with Gasteiger partial charge in [-0.2, -0.15) is 5.26 Å². The fraction of sp³-hybridized carbons (Fsp3) is 0.682. The minimum atomic E-state index is 0.186. The van der Waals surface area contributed by atoms with Crippen molar-refractivity contribution in [1.29, 1.82) is 5.26 Å². The molecule has 5 nitrogen and oxygen atoms in total. The molecule has 0 N–H and O–H groups in total. The van der Waals surface area contributed by atoms with Gasteiger partial charge in [-0.1, -0.05) is 19.9 Å². The molecule has 0 bridgehead atoms. The first-order valence-corrected chi connectivity index (χ1v) is 10.3. The van der Waals surface area contributed by atoms with Gasteiger partial charge in [-0.15, -0.1) is 0 Å². The van der Waals surface area contributed by atoms with Crippen molar-refractivity contribution < 1.29 is 9.47 Å². The lowest BCUT2D eigenvalue weighted by atomic mass is 10.1. The molecule has 1 fully saturated rings. The summed E-state index contributed by atoms with van der Waals surface area (Å²) in [4.78, 5) is 4.84. The second-order valence-electron chi connectivity index (χ2n) is 7.47. The Morgan fingerprint density at radius 1 is 1.00 bits per heavy atom. The second-order valence-corrected chi connectivity index (χ2v) is 7.47. The van der Waals surface area contributed by atoms with Gasteiger partial charge in [0.15, 0.2) is 0 Å². The van der Waals surface area contributed by atoms with E-state index >= 15 is 0 Å². The lowest BCUT2D eigenvalue weighted by Gasteiger charge is -2.34. The second kappa shape index (κ2) is 11.2. The summed E-state index contributed by atoms with van der Waals surface area (Å²) in [6.45, 7) is 14.4. The fourth-order valence-electron chi connectivity index (χ4n) is 3.08. The van der Waals surface area contributed by atoms with Crippen LogP contribution >= 0.6 is 0 Å². The predicted molar refractivity (Wildman–Crippen MR) is 109 cm³/mol. The molecule has 1 aromatic carbocycles. The maximum atomic E-state index is 8.75. The Labute approximate surface area is 164 Å². The third-order valence-corrected chi connectivity index (χ3v) is 5.25. The fourth-order valence-corrected chi connectivity index (χ4v) is 3.08. The van der Waals surface area contributed by atoms with E-state index in [0.29, 0.717) is 6.42 Å². The predicted octanol–water partition coefficient (Wildman–Crippen LogP) is 4.07. The van der Waals surface area contributed by atoms with Gasteiger partial charge >= 0.3 is 0 Å². The number of piperazine rings is 1. The van der Waals surface area contributed by atoms with Crippen LogP contribution in [0.4, 0.5) is 0 Å². The van der Waals surface area contributed by atoms with Crippen LogP contribution in [0, 0.1) is 11.3 Å². The highest BCUT2D eigenvalue weighted by Gasteiger charge is 2.19. The third kappa shape index (κ3) is 7.04. The summed E-state index contributed by atoms with van der Waals surface area (Å²) in [5, 5.41) is 8.75. The van der Waals surface area contributed by atoms with Gasteiger partial charge in [0.05, 0.1) is 18.3 Å². The molecular formula is C22H35N3O2. The van der Waals surface area contributed by atoms with Crippen molar-refractivity contribution in [2.24, 2.45) is 0 Å². The van der Waals surface area contributed by atoms with Crippen LogP contribution in [0.15, 0.2) is 18.2 Å². The molecule has 1 aromatic rings. The zero-order valence-corrected chi connectivity index (χ0v) is 17.4. The molecule has 0 aromatic heterocycles. The Hall–Kier alpha value is -1.77. The number of ether oxygens (including phenoxy) is 2. The molecule has 150 valence electrons. The molecule has 1 saturated heterocycles. The van der Waals surface area contributed by atoms with E-state index in [-0.39, 0.29) is 12.2 Å². The van der Waals surface area contributed by atoms with Crippen LogP contribution in [0.2, 0.25) is 0 Å². The van der Waals surface area contributed by atoms with E-state index in [1.165, 1.54) is 5.56 Å². The number of hydrogen-bond donors (Lipinski definition) is 0. The van der Waals surface area contributed by atoms with Gasteiger partial charge in [0, 0.05) is 57.3 Å². The summed E-state index contributed by atoms with van der Waals surface area (Å²) in [6.07, 6.45) is 2.97. The molecule has 0 radical (unpaired) electrons. The monoisotopic (exact) mass is 373 g/mol. The molecule has 1 aliphatic heterocycles. The molecule has 0 amide bonds. The van der Waals surface area contributed by atoms with Crippen LogP contribution in [-0.2, 0) is 6.54 Å². The molecule has 2 atom stereocenters. The SMILES string of the molecule is CCC(C)Oc1ccc(CN2CCN(CCC#N)CC2)c(OC(C)CC)c1. The lowest BCUT2D eigenvalue weighted by Crippen LogP contribution is -2.46.